The highest BCUT2D eigenvalue weighted by Crippen LogP contribution is 2.21. The topological polar surface area (TPSA) is 26.3 Å². The van der Waals surface area contributed by atoms with E-state index >= 15 is 0 Å². The van der Waals surface area contributed by atoms with E-state index in [-0.39, 0.29) is 5.92 Å². The Morgan fingerprint density at radius 3 is 1.70 bits per heavy atom. The Labute approximate surface area is 178 Å². The molecule has 2 nitrogen and oxygen atoms in total. The van der Waals surface area contributed by atoms with E-state index in [2.05, 4.69) is 0 Å². The molecule has 0 aromatic heterocycles. The van der Waals surface area contributed by atoms with Crippen molar-refractivity contribution < 1.29 is 9.53 Å². The minimum absolute atomic E-state index is 0.188. The number of rotatable bonds is 18. The molecule has 4 heteroatoms. The highest BCUT2D eigenvalue weighted by Gasteiger charge is 2.15. The monoisotopic (exact) mass is 420 g/mol. The average Bonchev–Trinajstić information content (AvgIpc) is 2.68. The quantitative estimate of drug-likeness (QED) is 0.127. The first-order valence-corrected chi connectivity index (χ1v) is 12.5. The van der Waals surface area contributed by atoms with Gasteiger partial charge >= 0.3 is 0 Å². The third kappa shape index (κ3) is 14.8. The fourth-order valence-corrected chi connectivity index (χ4v) is 4.36. The summed E-state index contributed by atoms with van der Waals surface area (Å²) in [4.78, 5) is 10.3. The first-order chi connectivity index (χ1) is 13.2. The van der Waals surface area contributed by atoms with Crippen LogP contribution < -0.4 is 0 Å². The van der Waals surface area contributed by atoms with Gasteiger partial charge in [-0.1, -0.05) is 89.9 Å². The molecule has 0 heterocycles. The summed E-state index contributed by atoms with van der Waals surface area (Å²) in [5, 5.41) is 0. The predicted molar refractivity (Wildman–Crippen MR) is 118 cm³/mol. The molecule has 0 N–H and O–H groups in total. The van der Waals surface area contributed by atoms with E-state index < -0.39 is 4.84 Å². The molecule has 1 unspecified atom stereocenters. The third-order valence-corrected chi connectivity index (χ3v) is 6.48. The van der Waals surface area contributed by atoms with Gasteiger partial charge in [-0.15, -0.1) is 23.2 Å². The van der Waals surface area contributed by atoms with Gasteiger partial charge in [-0.2, -0.15) is 0 Å². The van der Waals surface area contributed by atoms with Crippen molar-refractivity contribution in [3.63, 3.8) is 0 Å². The van der Waals surface area contributed by atoms with E-state index in [1.807, 2.05) is 0 Å². The molecule has 0 aromatic carbocycles. The SMILES string of the molecule is O=CC(CCCCCCCCCCCCCCOC1CCCCC1)C(Cl)Cl. The summed E-state index contributed by atoms with van der Waals surface area (Å²) in [5.74, 6) is -0.188. The molecule has 160 valence electrons. The van der Waals surface area contributed by atoms with Crippen LogP contribution in [0.4, 0.5) is 0 Å². The van der Waals surface area contributed by atoms with E-state index in [1.54, 1.807) is 0 Å². The first kappa shape index (κ1) is 25.2. The van der Waals surface area contributed by atoms with E-state index in [0.717, 1.165) is 25.7 Å². The van der Waals surface area contributed by atoms with Crippen LogP contribution in [0.1, 0.15) is 116 Å². The molecule has 1 saturated carbocycles. The molecular weight excluding hydrogens is 379 g/mol. The Kier molecular flexibility index (Phi) is 17.1. The Hall–Kier alpha value is 0.210. The van der Waals surface area contributed by atoms with Gasteiger partial charge in [0, 0.05) is 12.5 Å². The lowest BCUT2D eigenvalue weighted by molar-refractivity contribution is -0.110. The molecular formula is C23H42Cl2O2. The highest BCUT2D eigenvalue weighted by atomic mass is 35.5. The van der Waals surface area contributed by atoms with Crippen LogP contribution in [0.25, 0.3) is 0 Å². The molecule has 0 aliphatic heterocycles. The number of carbonyl (C=O) groups excluding carboxylic acids is 1. The molecule has 0 amide bonds. The summed E-state index contributed by atoms with van der Waals surface area (Å²) in [5.41, 5.74) is 0. The highest BCUT2D eigenvalue weighted by molar-refractivity contribution is 6.45. The minimum Gasteiger partial charge on any atom is -0.378 e. The summed E-state index contributed by atoms with van der Waals surface area (Å²) in [7, 11) is 0. The molecule has 0 radical (unpaired) electrons. The van der Waals surface area contributed by atoms with Crippen LogP contribution >= 0.6 is 23.2 Å². The third-order valence-electron chi connectivity index (χ3n) is 5.84. The van der Waals surface area contributed by atoms with Crippen LogP contribution in [0.2, 0.25) is 0 Å². The first-order valence-electron chi connectivity index (χ1n) is 11.6. The van der Waals surface area contributed by atoms with E-state index in [0.29, 0.717) is 6.10 Å². The van der Waals surface area contributed by atoms with Crippen molar-refractivity contribution in [1.82, 2.24) is 0 Å². The van der Waals surface area contributed by atoms with Gasteiger partial charge in [0.2, 0.25) is 0 Å². The molecule has 0 aromatic rings. The second-order valence-electron chi connectivity index (χ2n) is 8.30. The lowest BCUT2D eigenvalue weighted by Crippen LogP contribution is -2.17. The Morgan fingerprint density at radius 1 is 0.741 bits per heavy atom. The minimum atomic E-state index is -0.549. The molecule has 0 spiro atoms. The maximum Gasteiger partial charge on any atom is 0.125 e. The fourth-order valence-electron chi connectivity index (χ4n) is 3.99. The summed E-state index contributed by atoms with van der Waals surface area (Å²) in [6, 6.07) is 0. The average molecular weight is 421 g/mol. The van der Waals surface area contributed by atoms with Crippen molar-refractivity contribution in [3.8, 4) is 0 Å². The standard InChI is InChI=1S/C23H42Cl2O2/c24-23(25)21(20-26)16-12-9-7-5-3-1-2-4-6-8-10-15-19-27-22-17-13-11-14-18-22/h20-23H,1-19H2. The number of halogens is 2. The van der Waals surface area contributed by atoms with Crippen molar-refractivity contribution in [3.05, 3.63) is 0 Å². The second kappa shape index (κ2) is 18.3. The zero-order valence-electron chi connectivity index (χ0n) is 17.3. The Balaban J connectivity index is 1.72. The number of unbranched alkanes of at least 4 members (excludes halogenated alkanes) is 11. The lowest BCUT2D eigenvalue weighted by atomic mass is 9.98. The van der Waals surface area contributed by atoms with Gasteiger partial charge in [-0.05, 0) is 25.7 Å². The van der Waals surface area contributed by atoms with Crippen molar-refractivity contribution in [2.75, 3.05) is 6.61 Å². The van der Waals surface area contributed by atoms with Gasteiger partial charge in [0.25, 0.3) is 0 Å². The van der Waals surface area contributed by atoms with Crippen molar-refractivity contribution in [2.24, 2.45) is 5.92 Å². The lowest BCUT2D eigenvalue weighted by Gasteiger charge is -2.21. The maximum absolute atomic E-state index is 10.8. The summed E-state index contributed by atoms with van der Waals surface area (Å²) >= 11 is 11.5. The number of ether oxygens (including phenoxy) is 1. The maximum atomic E-state index is 10.8. The smallest absolute Gasteiger partial charge is 0.125 e. The van der Waals surface area contributed by atoms with Crippen molar-refractivity contribution in [1.29, 1.82) is 0 Å². The van der Waals surface area contributed by atoms with Gasteiger partial charge in [0.15, 0.2) is 0 Å². The zero-order valence-corrected chi connectivity index (χ0v) is 18.8. The molecule has 0 bridgehead atoms. The predicted octanol–water partition coefficient (Wildman–Crippen LogP) is 8.03. The van der Waals surface area contributed by atoms with E-state index in [9.17, 15) is 4.79 Å². The van der Waals surface area contributed by atoms with Crippen LogP contribution in [0.15, 0.2) is 0 Å². The Bertz CT molecular complexity index is 330. The molecule has 1 rings (SSSR count). The summed E-state index contributed by atoms with van der Waals surface area (Å²) < 4.78 is 5.98. The molecule has 27 heavy (non-hydrogen) atoms. The van der Waals surface area contributed by atoms with Gasteiger partial charge in [0.1, 0.15) is 11.1 Å². The molecule has 0 saturated heterocycles. The van der Waals surface area contributed by atoms with E-state index in [4.69, 9.17) is 27.9 Å². The van der Waals surface area contributed by atoms with Crippen molar-refractivity contribution >= 4 is 29.5 Å². The summed E-state index contributed by atoms with van der Waals surface area (Å²) in [6.45, 7) is 0.981. The van der Waals surface area contributed by atoms with E-state index in [1.165, 1.54) is 103 Å². The number of hydrogen-bond donors (Lipinski definition) is 0. The number of alkyl halides is 2. The van der Waals surface area contributed by atoms with Crippen LogP contribution in [-0.2, 0) is 9.53 Å². The van der Waals surface area contributed by atoms with Crippen molar-refractivity contribution in [2.45, 2.75) is 127 Å². The van der Waals surface area contributed by atoms with Crippen LogP contribution in [0.5, 0.6) is 0 Å². The number of carbonyl (C=O) groups is 1. The van der Waals surface area contributed by atoms with Crippen LogP contribution in [0, 0.1) is 5.92 Å². The largest absolute Gasteiger partial charge is 0.378 e. The van der Waals surface area contributed by atoms with Gasteiger partial charge in [-0.3, -0.25) is 0 Å². The second-order valence-corrected chi connectivity index (χ2v) is 9.46. The van der Waals surface area contributed by atoms with Crippen LogP contribution in [-0.4, -0.2) is 23.8 Å². The fraction of sp³-hybridized carbons (Fsp3) is 0.957. The van der Waals surface area contributed by atoms with Gasteiger partial charge in [-0.25, -0.2) is 0 Å². The molecule has 1 atom stereocenters. The Morgan fingerprint density at radius 2 is 1.22 bits per heavy atom. The summed E-state index contributed by atoms with van der Waals surface area (Å²) in [6.07, 6.45) is 24.7. The van der Waals surface area contributed by atoms with Crippen LogP contribution in [0.3, 0.4) is 0 Å². The van der Waals surface area contributed by atoms with Gasteiger partial charge in [0.05, 0.1) is 6.10 Å². The molecule has 1 fully saturated rings. The number of aldehydes is 1. The van der Waals surface area contributed by atoms with Gasteiger partial charge < -0.3 is 9.53 Å². The molecule has 1 aliphatic carbocycles. The number of hydrogen-bond acceptors (Lipinski definition) is 2. The molecule has 1 aliphatic rings. The normalized spacial score (nSPS) is 16.7. The zero-order chi connectivity index (χ0) is 19.6.